The fourth-order valence-corrected chi connectivity index (χ4v) is 2.23. The van der Waals surface area contributed by atoms with E-state index in [-0.39, 0.29) is 0 Å². The first-order valence-electron chi connectivity index (χ1n) is 6.02. The lowest BCUT2D eigenvalue weighted by Crippen LogP contribution is -2.10. The molecule has 0 spiro atoms. The maximum absolute atomic E-state index is 11.0. The highest BCUT2D eigenvalue weighted by molar-refractivity contribution is 5.95. The number of fused-ring (bicyclic) bond motifs is 1. The van der Waals surface area contributed by atoms with Crippen LogP contribution in [0.2, 0.25) is 0 Å². The van der Waals surface area contributed by atoms with Crippen molar-refractivity contribution in [3.63, 3.8) is 0 Å². The standard InChI is InChI=1S/C14H18N2O2/c1-4-16-9-11(8-15(2)3)12-7-10(14(17)18)5-6-13(12)16/h5-7,9H,4,8H2,1-3H3,(H,17,18). The molecule has 96 valence electrons. The van der Waals surface area contributed by atoms with E-state index in [0.29, 0.717) is 5.56 Å². The fourth-order valence-electron chi connectivity index (χ4n) is 2.23. The molecule has 0 atom stereocenters. The largest absolute Gasteiger partial charge is 0.478 e. The van der Waals surface area contributed by atoms with E-state index < -0.39 is 5.97 Å². The predicted octanol–water partition coefficient (Wildman–Crippen LogP) is 2.42. The van der Waals surface area contributed by atoms with Crippen LogP contribution in [-0.2, 0) is 13.1 Å². The fraction of sp³-hybridized carbons (Fsp3) is 0.357. The number of carboxylic acid groups (broad SMARTS) is 1. The number of hydrogen-bond acceptors (Lipinski definition) is 2. The lowest BCUT2D eigenvalue weighted by molar-refractivity contribution is 0.0697. The Hall–Kier alpha value is -1.81. The maximum atomic E-state index is 11.0. The van der Waals surface area contributed by atoms with Crippen LogP contribution < -0.4 is 0 Å². The molecule has 4 nitrogen and oxygen atoms in total. The highest BCUT2D eigenvalue weighted by Crippen LogP contribution is 2.24. The molecule has 0 fully saturated rings. The third-order valence-electron chi connectivity index (χ3n) is 3.04. The van der Waals surface area contributed by atoms with Gasteiger partial charge in [0.05, 0.1) is 5.56 Å². The molecular weight excluding hydrogens is 228 g/mol. The predicted molar refractivity (Wildman–Crippen MR) is 72.0 cm³/mol. The minimum Gasteiger partial charge on any atom is -0.478 e. The van der Waals surface area contributed by atoms with Gasteiger partial charge in [-0.25, -0.2) is 4.79 Å². The smallest absolute Gasteiger partial charge is 0.335 e. The van der Waals surface area contributed by atoms with Gasteiger partial charge in [-0.2, -0.15) is 0 Å². The van der Waals surface area contributed by atoms with Gasteiger partial charge >= 0.3 is 5.97 Å². The van der Waals surface area contributed by atoms with Gasteiger partial charge in [-0.1, -0.05) is 0 Å². The van der Waals surface area contributed by atoms with Crippen LogP contribution in [0.4, 0.5) is 0 Å². The number of carbonyl (C=O) groups is 1. The number of aromatic nitrogens is 1. The molecule has 0 bridgehead atoms. The molecule has 1 aromatic heterocycles. The third-order valence-corrected chi connectivity index (χ3v) is 3.04. The van der Waals surface area contributed by atoms with Crippen LogP contribution in [0.25, 0.3) is 10.9 Å². The first-order chi connectivity index (χ1) is 8.52. The van der Waals surface area contributed by atoms with E-state index in [0.717, 1.165) is 24.0 Å². The summed E-state index contributed by atoms with van der Waals surface area (Å²) in [7, 11) is 4.02. The quantitative estimate of drug-likeness (QED) is 0.901. The van der Waals surface area contributed by atoms with Gasteiger partial charge < -0.3 is 14.6 Å². The molecule has 4 heteroatoms. The highest BCUT2D eigenvalue weighted by atomic mass is 16.4. The van der Waals surface area contributed by atoms with Crippen LogP contribution >= 0.6 is 0 Å². The molecule has 0 aliphatic carbocycles. The Morgan fingerprint density at radius 3 is 2.67 bits per heavy atom. The zero-order valence-corrected chi connectivity index (χ0v) is 11.0. The molecule has 0 saturated heterocycles. The molecule has 18 heavy (non-hydrogen) atoms. The zero-order valence-electron chi connectivity index (χ0n) is 11.0. The number of hydrogen-bond donors (Lipinski definition) is 1. The van der Waals surface area contributed by atoms with Gasteiger partial charge in [0.2, 0.25) is 0 Å². The normalized spacial score (nSPS) is 11.3. The van der Waals surface area contributed by atoms with E-state index in [2.05, 4.69) is 22.6 Å². The van der Waals surface area contributed by atoms with Crippen molar-refractivity contribution in [3.8, 4) is 0 Å². The topological polar surface area (TPSA) is 45.5 Å². The van der Waals surface area contributed by atoms with Crippen molar-refractivity contribution in [2.75, 3.05) is 14.1 Å². The van der Waals surface area contributed by atoms with Crippen molar-refractivity contribution in [3.05, 3.63) is 35.5 Å². The van der Waals surface area contributed by atoms with Crippen LogP contribution in [0.15, 0.2) is 24.4 Å². The second kappa shape index (κ2) is 4.82. The number of benzene rings is 1. The van der Waals surface area contributed by atoms with Gasteiger partial charge in [0.15, 0.2) is 0 Å². The Morgan fingerprint density at radius 2 is 2.11 bits per heavy atom. The van der Waals surface area contributed by atoms with Gasteiger partial charge in [-0.15, -0.1) is 0 Å². The number of aryl methyl sites for hydroxylation is 1. The van der Waals surface area contributed by atoms with Gasteiger partial charge in [-0.05, 0) is 44.8 Å². The summed E-state index contributed by atoms with van der Waals surface area (Å²) >= 11 is 0. The molecule has 0 aliphatic rings. The van der Waals surface area contributed by atoms with Gasteiger partial charge in [-0.3, -0.25) is 0 Å². The highest BCUT2D eigenvalue weighted by Gasteiger charge is 2.11. The lowest BCUT2D eigenvalue weighted by Gasteiger charge is -2.08. The zero-order chi connectivity index (χ0) is 13.3. The molecule has 1 N–H and O–H groups in total. The molecule has 0 radical (unpaired) electrons. The second-order valence-corrected chi connectivity index (χ2v) is 4.72. The summed E-state index contributed by atoms with van der Waals surface area (Å²) in [5.74, 6) is -0.878. The first-order valence-corrected chi connectivity index (χ1v) is 6.02. The van der Waals surface area contributed by atoms with Crippen LogP contribution in [0, 0.1) is 0 Å². The Labute approximate surface area is 106 Å². The maximum Gasteiger partial charge on any atom is 0.335 e. The van der Waals surface area contributed by atoms with Crippen molar-refractivity contribution in [2.45, 2.75) is 20.0 Å². The molecule has 0 unspecified atom stereocenters. The first kappa shape index (κ1) is 12.6. The number of carboxylic acids is 1. The summed E-state index contributed by atoms with van der Waals surface area (Å²) in [6, 6.07) is 5.32. The molecular formula is C14H18N2O2. The minimum absolute atomic E-state index is 0.344. The summed E-state index contributed by atoms with van der Waals surface area (Å²) in [5.41, 5.74) is 2.61. The average Bonchev–Trinajstić information content (AvgIpc) is 2.66. The Balaban J connectivity index is 2.61. The average molecular weight is 246 g/mol. The van der Waals surface area contributed by atoms with E-state index >= 15 is 0 Å². The number of nitrogens with zero attached hydrogens (tertiary/aromatic N) is 2. The SMILES string of the molecule is CCn1cc(CN(C)C)c2cc(C(=O)O)ccc21. The summed E-state index contributed by atoms with van der Waals surface area (Å²) < 4.78 is 2.15. The van der Waals surface area contributed by atoms with Crippen molar-refractivity contribution < 1.29 is 9.90 Å². The summed E-state index contributed by atoms with van der Waals surface area (Å²) in [4.78, 5) is 13.1. The monoisotopic (exact) mass is 246 g/mol. The number of aromatic carboxylic acids is 1. The van der Waals surface area contributed by atoms with Crippen molar-refractivity contribution >= 4 is 16.9 Å². The summed E-state index contributed by atoms with van der Waals surface area (Å²) in [6.45, 7) is 3.78. The van der Waals surface area contributed by atoms with Crippen LogP contribution in [0.3, 0.4) is 0 Å². The van der Waals surface area contributed by atoms with Gasteiger partial charge in [0, 0.05) is 30.2 Å². The van der Waals surface area contributed by atoms with Crippen molar-refractivity contribution in [1.29, 1.82) is 0 Å². The third kappa shape index (κ3) is 2.24. The molecule has 1 aromatic carbocycles. The van der Waals surface area contributed by atoms with E-state index in [1.165, 1.54) is 5.56 Å². The Bertz CT molecular complexity index is 585. The molecule has 1 heterocycles. The van der Waals surface area contributed by atoms with E-state index in [1.807, 2.05) is 20.2 Å². The molecule has 0 aliphatic heterocycles. The van der Waals surface area contributed by atoms with Crippen molar-refractivity contribution in [1.82, 2.24) is 9.47 Å². The summed E-state index contributed by atoms with van der Waals surface area (Å²) in [5, 5.41) is 10.1. The molecule has 0 amide bonds. The van der Waals surface area contributed by atoms with E-state index in [4.69, 9.17) is 5.11 Å². The van der Waals surface area contributed by atoms with Crippen LogP contribution in [0.1, 0.15) is 22.8 Å². The Kier molecular flexibility index (Phi) is 3.39. The van der Waals surface area contributed by atoms with E-state index in [1.54, 1.807) is 12.1 Å². The number of rotatable bonds is 4. The minimum atomic E-state index is -0.878. The second-order valence-electron chi connectivity index (χ2n) is 4.72. The lowest BCUT2D eigenvalue weighted by atomic mass is 10.1. The summed E-state index contributed by atoms with van der Waals surface area (Å²) in [6.07, 6.45) is 2.11. The van der Waals surface area contributed by atoms with Crippen LogP contribution in [0.5, 0.6) is 0 Å². The Morgan fingerprint density at radius 1 is 1.39 bits per heavy atom. The van der Waals surface area contributed by atoms with E-state index in [9.17, 15) is 4.79 Å². The van der Waals surface area contributed by atoms with Crippen molar-refractivity contribution in [2.24, 2.45) is 0 Å². The van der Waals surface area contributed by atoms with Crippen LogP contribution in [-0.4, -0.2) is 34.6 Å². The molecule has 0 saturated carbocycles. The van der Waals surface area contributed by atoms with Gasteiger partial charge in [0.25, 0.3) is 0 Å². The van der Waals surface area contributed by atoms with Gasteiger partial charge in [0.1, 0.15) is 0 Å². The molecule has 2 rings (SSSR count). The molecule has 2 aromatic rings.